The van der Waals surface area contributed by atoms with Crippen LogP contribution in [0.4, 0.5) is 5.69 Å². The summed E-state index contributed by atoms with van der Waals surface area (Å²) in [7, 11) is 3.07. The maximum atomic E-state index is 13.5. The minimum atomic E-state index is -0.601. The van der Waals surface area contributed by atoms with E-state index in [0.717, 1.165) is 19.3 Å². The number of hydrogen-bond acceptors (Lipinski definition) is 5. The lowest BCUT2D eigenvalue weighted by molar-refractivity contribution is -0.118. The van der Waals surface area contributed by atoms with Crippen molar-refractivity contribution < 1.29 is 19.1 Å². The Morgan fingerprint density at radius 2 is 1.74 bits per heavy atom. The normalized spacial score (nSPS) is 23.7. The number of rotatable bonds is 5. The van der Waals surface area contributed by atoms with Gasteiger partial charge in [0.25, 0.3) is 5.91 Å². The van der Waals surface area contributed by atoms with E-state index in [1.165, 1.54) is 18.4 Å². The van der Waals surface area contributed by atoms with Crippen LogP contribution in [-0.4, -0.2) is 38.3 Å². The molecule has 1 heterocycles. The van der Waals surface area contributed by atoms with Gasteiger partial charge < -0.3 is 9.47 Å². The monoisotopic (exact) mass is 420 g/mol. The number of benzene rings is 2. The van der Waals surface area contributed by atoms with Gasteiger partial charge in [0.2, 0.25) is 5.91 Å². The molecule has 6 nitrogen and oxygen atoms in total. The molecule has 2 aliphatic rings. The highest BCUT2D eigenvalue weighted by Crippen LogP contribution is 2.37. The van der Waals surface area contributed by atoms with Crippen molar-refractivity contribution in [1.29, 1.82) is 0 Å². The van der Waals surface area contributed by atoms with Crippen LogP contribution in [0.15, 0.2) is 47.5 Å². The number of methoxy groups -OCH3 is 2. The van der Waals surface area contributed by atoms with Crippen LogP contribution in [-0.2, 0) is 4.79 Å². The number of amides is 2. The summed E-state index contributed by atoms with van der Waals surface area (Å²) in [4.78, 5) is 32.9. The Bertz CT molecular complexity index is 1020. The van der Waals surface area contributed by atoms with Crippen molar-refractivity contribution in [2.75, 3.05) is 19.1 Å². The number of carbonyl (C=O) groups is 2. The molecule has 3 atom stereocenters. The van der Waals surface area contributed by atoms with Gasteiger partial charge in [0.15, 0.2) is 11.5 Å². The average molecular weight is 421 g/mol. The summed E-state index contributed by atoms with van der Waals surface area (Å²) >= 11 is 0. The van der Waals surface area contributed by atoms with E-state index in [-0.39, 0.29) is 17.9 Å². The van der Waals surface area contributed by atoms with Gasteiger partial charge in [-0.15, -0.1) is 0 Å². The molecule has 0 N–H and O–H groups in total. The first-order valence-corrected chi connectivity index (χ1v) is 10.8. The van der Waals surface area contributed by atoms with Crippen molar-refractivity contribution >= 4 is 23.7 Å². The fourth-order valence-electron chi connectivity index (χ4n) is 4.52. The van der Waals surface area contributed by atoms with E-state index in [1.54, 1.807) is 37.6 Å². The third kappa shape index (κ3) is 3.94. The smallest absolute Gasteiger partial charge is 0.265 e. The number of fused-ring (bicyclic) bond motifs is 1. The van der Waals surface area contributed by atoms with E-state index in [4.69, 9.17) is 14.5 Å². The lowest BCUT2D eigenvalue weighted by Gasteiger charge is -2.32. The molecule has 1 aliphatic carbocycles. The summed E-state index contributed by atoms with van der Waals surface area (Å²) < 4.78 is 10.7. The van der Waals surface area contributed by atoms with E-state index in [9.17, 15) is 9.59 Å². The summed E-state index contributed by atoms with van der Waals surface area (Å²) in [6.07, 6.45) is 6.36. The standard InChI is InChI=1S/C25H28N2O4/c1-16-8-4-7-11-21(16)26-15-20-18-9-5-6-10-19(18)24(28)27(25(20)29)17-12-13-22(30-2)23(14-17)31-3/h5-6,9-10,12-16,20-21H,4,7-8,11H2,1-3H3/t16-,20?,21+/m0/s1. The maximum Gasteiger partial charge on any atom is 0.265 e. The van der Waals surface area contributed by atoms with Crippen molar-refractivity contribution in [1.82, 2.24) is 0 Å². The van der Waals surface area contributed by atoms with Gasteiger partial charge in [-0.25, -0.2) is 4.90 Å². The van der Waals surface area contributed by atoms with Crippen molar-refractivity contribution in [3.05, 3.63) is 53.6 Å². The third-order valence-electron chi connectivity index (χ3n) is 6.33. The number of hydrogen-bond donors (Lipinski definition) is 0. The van der Waals surface area contributed by atoms with Crippen LogP contribution in [0.5, 0.6) is 11.5 Å². The summed E-state index contributed by atoms with van der Waals surface area (Å²) in [5, 5.41) is 0. The Hall–Kier alpha value is -3.15. The van der Waals surface area contributed by atoms with Gasteiger partial charge in [0.05, 0.1) is 31.9 Å². The molecule has 0 radical (unpaired) electrons. The van der Waals surface area contributed by atoms with Gasteiger partial charge in [0.1, 0.15) is 0 Å². The fraction of sp³-hybridized carbons (Fsp3) is 0.400. The van der Waals surface area contributed by atoms with Crippen LogP contribution >= 0.6 is 0 Å². The average Bonchev–Trinajstić information content (AvgIpc) is 2.80. The second-order valence-corrected chi connectivity index (χ2v) is 8.21. The van der Waals surface area contributed by atoms with Crippen LogP contribution in [0.2, 0.25) is 0 Å². The van der Waals surface area contributed by atoms with Crippen molar-refractivity contribution in [2.45, 2.75) is 44.6 Å². The van der Waals surface area contributed by atoms with Crippen LogP contribution in [0.25, 0.3) is 0 Å². The minimum absolute atomic E-state index is 0.223. The summed E-state index contributed by atoms with van der Waals surface area (Å²) in [5.41, 5.74) is 1.68. The van der Waals surface area contributed by atoms with Gasteiger partial charge in [-0.1, -0.05) is 38.0 Å². The zero-order chi connectivity index (χ0) is 22.0. The molecule has 1 unspecified atom stereocenters. The SMILES string of the molecule is COc1ccc(N2C(=O)c3ccccc3C(C=N[C@@H]3CCCC[C@@H]3C)C2=O)cc1OC. The molecule has 0 bridgehead atoms. The number of nitrogens with zero attached hydrogens (tertiary/aromatic N) is 2. The number of aliphatic imine (C=N–C) groups is 1. The molecule has 1 saturated carbocycles. The second kappa shape index (κ2) is 8.92. The van der Waals surface area contributed by atoms with E-state index in [2.05, 4.69) is 6.92 Å². The number of carbonyl (C=O) groups excluding carboxylic acids is 2. The predicted molar refractivity (Wildman–Crippen MR) is 120 cm³/mol. The Labute approximate surface area is 182 Å². The molecule has 31 heavy (non-hydrogen) atoms. The number of ether oxygens (including phenoxy) is 2. The largest absolute Gasteiger partial charge is 0.493 e. The highest BCUT2D eigenvalue weighted by Gasteiger charge is 2.39. The Morgan fingerprint density at radius 3 is 2.48 bits per heavy atom. The Balaban J connectivity index is 1.73. The zero-order valence-corrected chi connectivity index (χ0v) is 18.2. The van der Waals surface area contributed by atoms with Crippen LogP contribution in [0, 0.1) is 5.92 Å². The lowest BCUT2D eigenvalue weighted by atomic mass is 9.85. The van der Waals surface area contributed by atoms with Gasteiger partial charge in [0, 0.05) is 17.8 Å². The van der Waals surface area contributed by atoms with Crippen molar-refractivity contribution in [2.24, 2.45) is 10.9 Å². The third-order valence-corrected chi connectivity index (χ3v) is 6.33. The molecule has 4 rings (SSSR count). The van der Waals surface area contributed by atoms with Gasteiger partial charge in [-0.2, -0.15) is 0 Å². The summed E-state index contributed by atoms with van der Waals surface area (Å²) in [5.74, 6) is 0.249. The highest BCUT2D eigenvalue weighted by molar-refractivity contribution is 6.29. The zero-order valence-electron chi connectivity index (χ0n) is 18.2. The van der Waals surface area contributed by atoms with Crippen LogP contribution in [0.3, 0.4) is 0 Å². The molecule has 162 valence electrons. The predicted octanol–water partition coefficient (Wildman–Crippen LogP) is 4.62. The van der Waals surface area contributed by atoms with Gasteiger partial charge in [-0.05, 0) is 42.5 Å². The quantitative estimate of drug-likeness (QED) is 0.523. The highest BCUT2D eigenvalue weighted by atomic mass is 16.5. The first-order chi connectivity index (χ1) is 15.0. The molecule has 0 aromatic heterocycles. The molecule has 0 spiro atoms. The van der Waals surface area contributed by atoms with Gasteiger partial charge >= 0.3 is 0 Å². The molecule has 6 heteroatoms. The van der Waals surface area contributed by atoms with Crippen molar-refractivity contribution in [3.8, 4) is 11.5 Å². The van der Waals surface area contributed by atoms with Crippen LogP contribution in [0.1, 0.15) is 54.4 Å². The minimum Gasteiger partial charge on any atom is -0.493 e. The van der Waals surface area contributed by atoms with Crippen molar-refractivity contribution in [3.63, 3.8) is 0 Å². The number of imide groups is 1. The van der Waals surface area contributed by atoms with E-state index in [1.807, 2.05) is 18.2 Å². The second-order valence-electron chi connectivity index (χ2n) is 8.21. The fourth-order valence-corrected chi connectivity index (χ4v) is 4.52. The lowest BCUT2D eigenvalue weighted by Crippen LogP contribution is -2.45. The van der Waals surface area contributed by atoms with Crippen LogP contribution < -0.4 is 14.4 Å². The molecule has 1 aliphatic heterocycles. The summed E-state index contributed by atoms with van der Waals surface area (Å²) in [6, 6.07) is 12.6. The molecule has 2 amide bonds. The maximum absolute atomic E-state index is 13.5. The van der Waals surface area contributed by atoms with E-state index >= 15 is 0 Å². The molecule has 2 aromatic carbocycles. The Kier molecular flexibility index (Phi) is 6.07. The first kappa shape index (κ1) is 21.1. The molecule has 0 saturated heterocycles. The molecular formula is C25H28N2O4. The summed E-state index contributed by atoms with van der Waals surface area (Å²) in [6.45, 7) is 2.22. The van der Waals surface area contributed by atoms with E-state index in [0.29, 0.717) is 34.2 Å². The molecule has 2 aromatic rings. The van der Waals surface area contributed by atoms with E-state index < -0.39 is 5.92 Å². The molecule has 1 fully saturated rings. The molecular weight excluding hydrogens is 392 g/mol. The van der Waals surface area contributed by atoms with Gasteiger partial charge in [-0.3, -0.25) is 14.6 Å². The topological polar surface area (TPSA) is 68.2 Å². The first-order valence-electron chi connectivity index (χ1n) is 10.8. The number of anilines is 1. The Morgan fingerprint density at radius 1 is 1.00 bits per heavy atom.